The predicted molar refractivity (Wildman–Crippen MR) is 62.0 cm³/mol. The van der Waals surface area contributed by atoms with Crippen LogP contribution >= 0.6 is 0 Å². The molecule has 2 atom stereocenters. The summed E-state index contributed by atoms with van der Waals surface area (Å²) in [6, 6.07) is 10.3. The predicted octanol–water partition coefficient (Wildman–Crippen LogP) is 3.29. The molecule has 0 aliphatic rings. The van der Waals surface area contributed by atoms with Crippen LogP contribution in [0, 0.1) is 5.92 Å². The highest BCUT2D eigenvalue weighted by Crippen LogP contribution is 2.27. The van der Waals surface area contributed by atoms with Crippen LogP contribution in [0.15, 0.2) is 42.5 Å². The molecule has 0 aromatic heterocycles. The van der Waals surface area contributed by atoms with Crippen LogP contribution in [0.25, 0.3) is 0 Å². The van der Waals surface area contributed by atoms with Gasteiger partial charge in [-0.25, -0.2) is 0 Å². The second kappa shape index (κ2) is 4.97. The third-order valence-electron chi connectivity index (χ3n) is 2.69. The number of hydrogen-bond acceptors (Lipinski definition) is 1. The Morgan fingerprint density at radius 2 is 1.93 bits per heavy atom. The molecule has 1 aromatic carbocycles. The van der Waals surface area contributed by atoms with Crippen LogP contribution in [0.3, 0.4) is 0 Å². The summed E-state index contributed by atoms with van der Waals surface area (Å²) in [5, 5.41) is 0. The first-order chi connectivity index (χ1) is 6.66. The van der Waals surface area contributed by atoms with E-state index < -0.39 is 0 Å². The normalized spacial score (nSPS) is 14.8. The summed E-state index contributed by atoms with van der Waals surface area (Å²) in [6.07, 6.45) is 1.05. The lowest BCUT2D eigenvalue weighted by molar-refractivity contribution is 0.482. The van der Waals surface area contributed by atoms with E-state index in [4.69, 9.17) is 5.73 Å². The number of nitrogens with two attached hydrogens (primary N) is 1. The Labute approximate surface area is 86.6 Å². The molecule has 1 heteroatoms. The minimum atomic E-state index is 0.0821. The third-order valence-corrected chi connectivity index (χ3v) is 2.69. The first-order valence-corrected chi connectivity index (χ1v) is 5.12. The van der Waals surface area contributed by atoms with E-state index in [1.54, 1.807) is 0 Å². The summed E-state index contributed by atoms with van der Waals surface area (Å²) in [6.45, 7) is 8.20. The molecule has 0 bridgehead atoms. The van der Waals surface area contributed by atoms with Crippen LogP contribution in [-0.4, -0.2) is 0 Å². The standard InChI is InChI=1S/C13H19N/c1-4-12(10(2)3)13(14)11-8-6-5-7-9-11/h5-9,12-13H,2,4,14H2,1,3H3. The Morgan fingerprint density at radius 1 is 1.36 bits per heavy atom. The summed E-state index contributed by atoms with van der Waals surface area (Å²) in [5.74, 6) is 0.386. The van der Waals surface area contributed by atoms with Crippen molar-refractivity contribution in [2.24, 2.45) is 11.7 Å². The molecule has 0 amide bonds. The summed E-state index contributed by atoms with van der Waals surface area (Å²) < 4.78 is 0. The van der Waals surface area contributed by atoms with Gasteiger partial charge < -0.3 is 5.73 Å². The van der Waals surface area contributed by atoms with Gasteiger partial charge in [0.15, 0.2) is 0 Å². The van der Waals surface area contributed by atoms with Crippen molar-refractivity contribution in [3.8, 4) is 0 Å². The minimum absolute atomic E-state index is 0.0821. The topological polar surface area (TPSA) is 26.0 Å². The molecule has 76 valence electrons. The van der Waals surface area contributed by atoms with Crippen molar-refractivity contribution in [2.75, 3.05) is 0 Å². The second-order valence-corrected chi connectivity index (χ2v) is 3.80. The molecule has 1 nitrogen and oxygen atoms in total. The molecule has 0 aliphatic carbocycles. The van der Waals surface area contributed by atoms with E-state index in [1.807, 2.05) is 18.2 Å². The van der Waals surface area contributed by atoms with E-state index in [0.717, 1.165) is 6.42 Å². The average molecular weight is 189 g/mol. The Bertz CT molecular complexity index is 289. The van der Waals surface area contributed by atoms with E-state index in [-0.39, 0.29) is 6.04 Å². The van der Waals surface area contributed by atoms with Gasteiger partial charge in [-0.1, -0.05) is 49.4 Å². The third kappa shape index (κ3) is 2.46. The molecule has 0 saturated carbocycles. The van der Waals surface area contributed by atoms with Gasteiger partial charge in [0.1, 0.15) is 0 Å². The highest BCUT2D eigenvalue weighted by molar-refractivity contribution is 5.21. The summed E-state index contributed by atoms with van der Waals surface area (Å²) in [4.78, 5) is 0. The quantitative estimate of drug-likeness (QED) is 0.723. The first kappa shape index (κ1) is 11.0. The molecule has 0 aliphatic heterocycles. The molecule has 2 unspecified atom stereocenters. The van der Waals surface area contributed by atoms with Gasteiger partial charge in [0.05, 0.1) is 0 Å². The molecular formula is C13H19N. The molecule has 0 heterocycles. The van der Waals surface area contributed by atoms with Gasteiger partial charge >= 0.3 is 0 Å². The molecule has 0 spiro atoms. The van der Waals surface area contributed by atoms with Crippen LogP contribution in [0.2, 0.25) is 0 Å². The lowest BCUT2D eigenvalue weighted by Crippen LogP contribution is -2.21. The maximum absolute atomic E-state index is 6.19. The Hall–Kier alpha value is -1.08. The van der Waals surface area contributed by atoms with Crippen LogP contribution in [-0.2, 0) is 0 Å². The maximum Gasteiger partial charge on any atom is 0.0360 e. The summed E-state index contributed by atoms with van der Waals surface area (Å²) in [5.41, 5.74) is 8.56. The first-order valence-electron chi connectivity index (χ1n) is 5.12. The zero-order chi connectivity index (χ0) is 10.6. The van der Waals surface area contributed by atoms with E-state index in [2.05, 4.69) is 32.6 Å². The zero-order valence-electron chi connectivity index (χ0n) is 9.03. The maximum atomic E-state index is 6.19. The molecule has 14 heavy (non-hydrogen) atoms. The van der Waals surface area contributed by atoms with Gasteiger partial charge in [0.2, 0.25) is 0 Å². The lowest BCUT2D eigenvalue weighted by atomic mass is 9.87. The molecule has 0 radical (unpaired) electrons. The Morgan fingerprint density at radius 3 is 2.36 bits per heavy atom. The summed E-state index contributed by atoms with van der Waals surface area (Å²) >= 11 is 0. The van der Waals surface area contributed by atoms with E-state index in [0.29, 0.717) is 5.92 Å². The van der Waals surface area contributed by atoms with E-state index >= 15 is 0 Å². The molecule has 1 aromatic rings. The zero-order valence-corrected chi connectivity index (χ0v) is 9.03. The fourth-order valence-corrected chi connectivity index (χ4v) is 1.82. The van der Waals surface area contributed by atoms with Crippen molar-refractivity contribution >= 4 is 0 Å². The number of hydrogen-bond donors (Lipinski definition) is 1. The highest BCUT2D eigenvalue weighted by atomic mass is 14.6. The van der Waals surface area contributed by atoms with Crippen molar-refractivity contribution in [1.29, 1.82) is 0 Å². The molecule has 1 rings (SSSR count). The van der Waals surface area contributed by atoms with Gasteiger partial charge in [-0.2, -0.15) is 0 Å². The van der Waals surface area contributed by atoms with Crippen LogP contribution < -0.4 is 5.73 Å². The number of rotatable bonds is 4. The van der Waals surface area contributed by atoms with Gasteiger partial charge in [-0.3, -0.25) is 0 Å². The largest absolute Gasteiger partial charge is 0.323 e. The molecule has 0 fully saturated rings. The van der Waals surface area contributed by atoms with Gasteiger partial charge in [-0.15, -0.1) is 0 Å². The van der Waals surface area contributed by atoms with Crippen molar-refractivity contribution in [1.82, 2.24) is 0 Å². The molecule has 2 N–H and O–H groups in total. The summed E-state index contributed by atoms with van der Waals surface area (Å²) in [7, 11) is 0. The van der Waals surface area contributed by atoms with Gasteiger partial charge in [-0.05, 0) is 24.8 Å². The Balaban J connectivity index is 2.83. The van der Waals surface area contributed by atoms with E-state index in [9.17, 15) is 0 Å². The van der Waals surface area contributed by atoms with Crippen LogP contribution in [0.4, 0.5) is 0 Å². The average Bonchev–Trinajstić information content (AvgIpc) is 2.19. The number of benzene rings is 1. The molecule has 0 saturated heterocycles. The fourth-order valence-electron chi connectivity index (χ4n) is 1.82. The van der Waals surface area contributed by atoms with Crippen molar-refractivity contribution in [3.63, 3.8) is 0 Å². The lowest BCUT2D eigenvalue weighted by Gasteiger charge is -2.23. The molecular weight excluding hydrogens is 170 g/mol. The SMILES string of the molecule is C=C(C)C(CC)C(N)c1ccccc1. The smallest absolute Gasteiger partial charge is 0.0360 e. The highest BCUT2D eigenvalue weighted by Gasteiger charge is 2.17. The Kier molecular flexibility index (Phi) is 3.90. The van der Waals surface area contributed by atoms with Gasteiger partial charge in [0.25, 0.3) is 0 Å². The van der Waals surface area contributed by atoms with Crippen molar-refractivity contribution in [2.45, 2.75) is 26.3 Å². The fraction of sp³-hybridized carbons (Fsp3) is 0.385. The second-order valence-electron chi connectivity index (χ2n) is 3.80. The monoisotopic (exact) mass is 189 g/mol. The van der Waals surface area contributed by atoms with E-state index in [1.165, 1.54) is 11.1 Å². The van der Waals surface area contributed by atoms with Crippen LogP contribution in [0.5, 0.6) is 0 Å². The minimum Gasteiger partial charge on any atom is -0.323 e. The van der Waals surface area contributed by atoms with Crippen molar-refractivity contribution in [3.05, 3.63) is 48.0 Å². The van der Waals surface area contributed by atoms with Crippen molar-refractivity contribution < 1.29 is 0 Å². The van der Waals surface area contributed by atoms with Gasteiger partial charge in [0, 0.05) is 6.04 Å². The van der Waals surface area contributed by atoms with Crippen LogP contribution in [0.1, 0.15) is 31.9 Å².